The minimum Gasteiger partial charge on any atom is -0.508 e. The second-order valence-corrected chi connectivity index (χ2v) is 12.8. The molecule has 5 aromatic rings. The monoisotopic (exact) mass is 682 g/mol. The Morgan fingerprint density at radius 1 is 0.306 bits per heavy atom. The van der Waals surface area contributed by atoms with Crippen LogP contribution in [0.2, 0.25) is 0 Å². The van der Waals surface area contributed by atoms with E-state index in [1.54, 1.807) is 24.3 Å². The lowest BCUT2D eigenvalue weighted by atomic mass is 9.73. The zero-order chi connectivity index (χ0) is 36.4. The van der Waals surface area contributed by atoms with Crippen LogP contribution >= 0.6 is 0 Å². The second kappa shape index (κ2) is 13.4. The van der Waals surface area contributed by atoms with Gasteiger partial charge in [-0.25, -0.2) is 0 Å². The Morgan fingerprint density at radius 3 is 0.653 bits per heavy atom. The van der Waals surface area contributed by atoms with Crippen LogP contribution in [0.15, 0.2) is 121 Å². The van der Waals surface area contributed by atoms with Crippen LogP contribution < -0.4 is 0 Å². The Hall–Kier alpha value is -5.12. The number of benzene rings is 5. The molecule has 0 aliphatic rings. The van der Waals surface area contributed by atoms with Gasteiger partial charge in [0.2, 0.25) is 5.41 Å². The molecule has 5 aromatic carbocycles. The summed E-state index contributed by atoms with van der Waals surface area (Å²) in [7, 11) is 0. The topological polar surface area (TPSA) is 80.9 Å². The molecular formula is C39H36F6O4. The molecule has 0 aliphatic heterocycles. The van der Waals surface area contributed by atoms with Crippen LogP contribution in [0, 0.1) is 0 Å². The largest absolute Gasteiger partial charge is 0.508 e. The third-order valence-corrected chi connectivity index (χ3v) is 8.96. The average molecular weight is 683 g/mol. The van der Waals surface area contributed by atoms with Crippen molar-refractivity contribution in [2.24, 2.45) is 0 Å². The van der Waals surface area contributed by atoms with Crippen LogP contribution in [-0.2, 0) is 16.2 Å². The number of aromatic hydroxyl groups is 4. The molecule has 258 valence electrons. The fraction of sp³-hybridized carbons (Fsp3) is 0.231. The number of alkyl halides is 6. The molecule has 0 unspecified atom stereocenters. The Morgan fingerprint density at radius 2 is 0.469 bits per heavy atom. The summed E-state index contributed by atoms with van der Waals surface area (Å²) in [5, 5.41) is 37.3. The first-order valence-corrected chi connectivity index (χ1v) is 15.1. The third kappa shape index (κ3) is 7.33. The number of phenols is 4. The van der Waals surface area contributed by atoms with Gasteiger partial charge in [-0.15, -0.1) is 0 Å². The molecular weight excluding hydrogens is 646 g/mol. The fourth-order valence-electron chi connectivity index (χ4n) is 5.80. The number of rotatable bonds is 6. The van der Waals surface area contributed by atoms with Gasteiger partial charge < -0.3 is 20.4 Å². The van der Waals surface area contributed by atoms with Crippen molar-refractivity contribution in [2.75, 3.05) is 0 Å². The van der Waals surface area contributed by atoms with E-state index in [9.17, 15) is 36.6 Å². The summed E-state index contributed by atoms with van der Waals surface area (Å²) in [6, 6.07) is 28.9. The molecule has 4 nitrogen and oxygen atoms in total. The first-order valence-electron chi connectivity index (χ1n) is 15.1. The zero-order valence-corrected chi connectivity index (χ0v) is 27.1. The molecule has 0 aromatic heterocycles. The first-order chi connectivity index (χ1) is 22.7. The van der Waals surface area contributed by atoms with Gasteiger partial charge in [0.1, 0.15) is 23.0 Å². The first kappa shape index (κ1) is 36.7. The Labute approximate surface area is 280 Å². The van der Waals surface area contributed by atoms with Crippen LogP contribution in [-0.4, -0.2) is 32.8 Å². The highest BCUT2D eigenvalue weighted by atomic mass is 19.4. The number of hydrogen-bond donors (Lipinski definition) is 4. The molecule has 0 radical (unpaired) electrons. The highest BCUT2D eigenvalue weighted by Gasteiger charge is 2.72. The van der Waals surface area contributed by atoms with E-state index in [-0.39, 0.29) is 22.3 Å². The van der Waals surface area contributed by atoms with Gasteiger partial charge in [-0.1, -0.05) is 100 Å². The summed E-state index contributed by atoms with van der Waals surface area (Å²) in [4.78, 5) is 0. The summed E-state index contributed by atoms with van der Waals surface area (Å²) in [6.45, 7) is 8.78. The molecule has 49 heavy (non-hydrogen) atoms. The van der Waals surface area contributed by atoms with Crippen LogP contribution in [0.5, 0.6) is 23.0 Å². The van der Waals surface area contributed by atoms with Crippen molar-refractivity contribution in [1.29, 1.82) is 0 Å². The molecule has 0 saturated heterocycles. The minimum absolute atomic E-state index is 0.144. The predicted molar refractivity (Wildman–Crippen MR) is 176 cm³/mol. The van der Waals surface area contributed by atoms with Crippen LogP contribution in [0.3, 0.4) is 0 Å². The molecule has 5 rings (SSSR count). The van der Waals surface area contributed by atoms with Crippen molar-refractivity contribution in [3.05, 3.63) is 155 Å². The Kier molecular flexibility index (Phi) is 10.0. The normalized spacial score (nSPS) is 12.6. The zero-order valence-electron chi connectivity index (χ0n) is 27.1. The smallest absolute Gasteiger partial charge is 0.411 e. The predicted octanol–water partition coefficient (Wildman–Crippen LogP) is 10.3. The highest BCUT2D eigenvalue weighted by molar-refractivity contribution is 5.47. The summed E-state index contributed by atoms with van der Waals surface area (Å²) in [5.74, 6) is -0.346. The minimum atomic E-state index is -5.70. The van der Waals surface area contributed by atoms with E-state index in [1.807, 2.05) is 24.3 Å². The Bertz CT molecular complexity index is 1690. The van der Waals surface area contributed by atoms with E-state index >= 15 is 0 Å². The van der Waals surface area contributed by atoms with E-state index in [4.69, 9.17) is 10.2 Å². The molecule has 0 fully saturated rings. The summed E-state index contributed by atoms with van der Waals surface area (Å²) in [6.07, 6.45) is -11.4. The quantitative estimate of drug-likeness (QED) is 0.134. The highest BCUT2D eigenvalue weighted by Crippen LogP contribution is 2.56. The lowest BCUT2D eigenvalue weighted by Crippen LogP contribution is -2.54. The molecule has 0 heterocycles. The van der Waals surface area contributed by atoms with Gasteiger partial charge in [-0.3, -0.25) is 0 Å². The van der Waals surface area contributed by atoms with Crippen molar-refractivity contribution in [1.82, 2.24) is 0 Å². The van der Waals surface area contributed by atoms with Gasteiger partial charge in [0.15, 0.2) is 0 Å². The van der Waals surface area contributed by atoms with Crippen molar-refractivity contribution in [2.45, 2.75) is 56.3 Å². The molecule has 0 bridgehead atoms. The van der Waals surface area contributed by atoms with Gasteiger partial charge in [0, 0.05) is 10.8 Å². The number of phenolic OH excluding ortho intramolecular Hbond substituents is 4. The molecule has 0 spiro atoms. The average Bonchev–Trinajstić information content (AvgIpc) is 3.03. The van der Waals surface area contributed by atoms with Gasteiger partial charge in [0.25, 0.3) is 0 Å². The van der Waals surface area contributed by atoms with E-state index in [1.165, 1.54) is 22.3 Å². The standard InChI is InChI=1S/C24H26O2.C15H10F6O2/c1-23(2,19-9-13-21(25)14-10-19)17-5-7-18(8-6-17)24(3,4)20-11-15-22(26)16-12-20;16-14(17,18)13(15(19,20)21,9-1-5-11(22)6-2-9)10-3-7-12(23)8-4-10/h5-16,25-26H,1-4H3;1-8,22-23H. The molecule has 0 amide bonds. The van der Waals surface area contributed by atoms with E-state index < -0.39 is 40.4 Å². The fourth-order valence-corrected chi connectivity index (χ4v) is 5.80. The third-order valence-electron chi connectivity index (χ3n) is 8.96. The lowest BCUT2D eigenvalue weighted by molar-refractivity contribution is -0.288. The van der Waals surface area contributed by atoms with Gasteiger partial charge in [-0.2, -0.15) is 26.3 Å². The van der Waals surface area contributed by atoms with Crippen molar-refractivity contribution < 1.29 is 46.8 Å². The lowest BCUT2D eigenvalue weighted by Gasteiger charge is -2.38. The van der Waals surface area contributed by atoms with Gasteiger partial charge in [-0.05, 0) is 81.9 Å². The summed E-state index contributed by atoms with van der Waals surface area (Å²) >= 11 is 0. The van der Waals surface area contributed by atoms with Gasteiger partial charge in [0.05, 0.1) is 0 Å². The maximum Gasteiger partial charge on any atom is 0.411 e. The van der Waals surface area contributed by atoms with Crippen LogP contribution in [0.1, 0.15) is 61.1 Å². The van der Waals surface area contributed by atoms with Crippen molar-refractivity contribution >= 4 is 0 Å². The summed E-state index contributed by atoms with van der Waals surface area (Å²) < 4.78 is 81.6. The summed E-state index contributed by atoms with van der Waals surface area (Å²) in [5.41, 5.74) is -1.93. The van der Waals surface area contributed by atoms with E-state index in [2.05, 4.69) is 52.0 Å². The van der Waals surface area contributed by atoms with E-state index in [0.29, 0.717) is 24.3 Å². The van der Waals surface area contributed by atoms with Gasteiger partial charge >= 0.3 is 12.4 Å². The maximum absolute atomic E-state index is 13.6. The molecule has 4 N–H and O–H groups in total. The molecule has 0 atom stereocenters. The second-order valence-electron chi connectivity index (χ2n) is 12.8. The van der Waals surface area contributed by atoms with Crippen molar-refractivity contribution in [3.8, 4) is 23.0 Å². The number of halogens is 6. The Balaban J connectivity index is 0.000000223. The SMILES string of the molecule is CC(C)(c1ccc(O)cc1)c1ccc(C(C)(C)c2ccc(O)cc2)cc1.Oc1ccc(C(c2ccc(O)cc2)(C(F)(F)F)C(F)(F)F)cc1. The van der Waals surface area contributed by atoms with Crippen molar-refractivity contribution in [3.63, 3.8) is 0 Å². The molecule has 0 saturated carbocycles. The maximum atomic E-state index is 13.6. The molecule has 0 aliphatic carbocycles. The van der Waals surface area contributed by atoms with E-state index in [0.717, 1.165) is 24.3 Å². The van der Waals surface area contributed by atoms with Crippen LogP contribution in [0.4, 0.5) is 26.3 Å². The molecule has 10 heteroatoms. The number of hydrogen-bond acceptors (Lipinski definition) is 4. The van der Waals surface area contributed by atoms with Crippen LogP contribution in [0.25, 0.3) is 0 Å².